The summed E-state index contributed by atoms with van der Waals surface area (Å²) in [5.41, 5.74) is 14.2. The first kappa shape index (κ1) is 33.8. The van der Waals surface area contributed by atoms with E-state index in [2.05, 4.69) is 102 Å². The van der Waals surface area contributed by atoms with E-state index < -0.39 is 0 Å². The zero-order valence-electron chi connectivity index (χ0n) is 29.8. The highest BCUT2D eigenvalue weighted by atomic mass is 14.9. The quantitative estimate of drug-likeness (QED) is 0.125. The minimum absolute atomic E-state index is 0.654. The first-order valence-electron chi connectivity index (χ1n) is 17.5. The van der Waals surface area contributed by atoms with Crippen LogP contribution in [-0.4, -0.2) is 16.5 Å². The van der Waals surface area contributed by atoms with E-state index in [1.54, 1.807) is 0 Å². The van der Waals surface area contributed by atoms with Crippen LogP contribution < -0.4 is 0 Å². The van der Waals surface area contributed by atoms with Crippen molar-refractivity contribution in [2.45, 2.75) is 27.7 Å². The lowest BCUT2D eigenvalue weighted by molar-refractivity contribution is 1.11. The van der Waals surface area contributed by atoms with Crippen LogP contribution in [-0.2, 0) is 0 Å². The van der Waals surface area contributed by atoms with Crippen LogP contribution >= 0.6 is 0 Å². The number of hydrogen-bond acceptors (Lipinski definition) is 3. The Kier molecular flexibility index (Phi) is 9.77. The average Bonchev–Trinajstić information content (AvgIpc) is 3.20. The number of aryl methyl sites for hydroxylation is 2. The third-order valence-corrected chi connectivity index (χ3v) is 9.39. The molecule has 0 amide bonds. The molecule has 0 spiro atoms. The molecule has 0 aliphatic rings. The van der Waals surface area contributed by atoms with Crippen molar-refractivity contribution < 1.29 is 0 Å². The number of fused-ring (bicyclic) bond motifs is 1. The number of nitriles is 1. The Morgan fingerprint density at radius 1 is 0.577 bits per heavy atom. The normalized spacial score (nSPS) is 12.2. The van der Waals surface area contributed by atoms with Crippen LogP contribution in [0.4, 0.5) is 0 Å². The van der Waals surface area contributed by atoms with E-state index in [1.807, 2.05) is 94.4 Å². The minimum Gasteiger partial charge on any atom is -0.258 e. The molecule has 0 unspecified atom stereocenters. The van der Waals surface area contributed by atoms with Crippen LogP contribution in [0.15, 0.2) is 168 Å². The van der Waals surface area contributed by atoms with Crippen LogP contribution in [0.1, 0.15) is 47.5 Å². The molecule has 0 saturated heterocycles. The van der Waals surface area contributed by atoms with Gasteiger partial charge in [-0.2, -0.15) is 5.26 Å². The van der Waals surface area contributed by atoms with E-state index in [4.69, 9.17) is 15.2 Å². The summed E-state index contributed by atoms with van der Waals surface area (Å²) in [5, 5.41) is 11.6. The summed E-state index contributed by atoms with van der Waals surface area (Å²) in [5.74, 6) is 0.654. The van der Waals surface area contributed by atoms with Gasteiger partial charge in [-0.3, -0.25) is 4.98 Å². The summed E-state index contributed by atoms with van der Waals surface area (Å²) >= 11 is 0. The van der Waals surface area contributed by atoms with Gasteiger partial charge in [0.1, 0.15) is 0 Å². The summed E-state index contributed by atoms with van der Waals surface area (Å²) in [6.07, 6.45) is 2.02. The van der Waals surface area contributed by atoms with Gasteiger partial charge in [0.2, 0.25) is 0 Å². The molecule has 6 aromatic carbocycles. The zero-order valence-corrected chi connectivity index (χ0v) is 29.8. The predicted octanol–water partition coefficient (Wildman–Crippen LogP) is 12.0. The van der Waals surface area contributed by atoms with E-state index in [0.717, 1.165) is 61.7 Å². The zero-order chi connectivity index (χ0) is 36.0. The number of aliphatic imine (C=N–C) groups is 2. The molecule has 1 heterocycles. The van der Waals surface area contributed by atoms with Gasteiger partial charge in [0, 0.05) is 28.2 Å². The van der Waals surface area contributed by atoms with Gasteiger partial charge in [-0.05, 0) is 102 Å². The molecule has 250 valence electrons. The third kappa shape index (κ3) is 7.12. The number of pyridine rings is 1. The molecule has 0 aliphatic heterocycles. The molecule has 0 bridgehead atoms. The summed E-state index contributed by atoms with van der Waals surface area (Å²) in [6.45, 7) is 8.06. The predicted molar refractivity (Wildman–Crippen MR) is 218 cm³/mol. The first-order chi connectivity index (χ1) is 25.4. The Bertz CT molecular complexity index is 2520. The minimum atomic E-state index is 0.654. The molecule has 1 aromatic heterocycles. The summed E-state index contributed by atoms with van der Waals surface area (Å²) < 4.78 is 0. The van der Waals surface area contributed by atoms with Gasteiger partial charge in [0.15, 0.2) is 5.84 Å². The van der Waals surface area contributed by atoms with Crippen molar-refractivity contribution in [1.82, 2.24) is 4.98 Å². The highest BCUT2D eigenvalue weighted by Crippen LogP contribution is 2.36. The maximum atomic E-state index is 9.15. The molecule has 0 aliphatic carbocycles. The molecular weight excluding hydrogens is 633 g/mol. The number of amidine groups is 1. The maximum Gasteiger partial charge on any atom is 0.160 e. The van der Waals surface area contributed by atoms with Crippen LogP contribution in [0.25, 0.3) is 49.9 Å². The SMILES string of the molecule is C/C=C(/N=C(\N=C(/C)c1ccc(-c2ccc(-c3ccc(-c4ccc(C#N)cc4)cc3)c3ccccc23)cc1)c1ccccc1)c1ccc(C)nc1C. The Hall–Kier alpha value is -6.70. The molecule has 4 heteroatoms. The molecule has 7 rings (SSSR count). The molecule has 4 nitrogen and oxygen atoms in total. The standard InChI is InChI=1S/C48H38N4/c1-5-47(42-28-15-32(2)50-34(42)4)52-48(41-11-7-6-8-12-41)51-33(3)36-20-24-39(25-21-36)43-29-30-44(46-14-10-9-13-45(43)46)40-26-22-38(23-27-40)37-18-16-35(31-49)17-19-37/h5-30H,1-4H3/b47-5+,51-33+,52-48-. The van der Waals surface area contributed by atoms with Crippen molar-refractivity contribution >= 4 is 28.0 Å². The molecule has 0 fully saturated rings. The van der Waals surface area contributed by atoms with Gasteiger partial charge < -0.3 is 0 Å². The topological polar surface area (TPSA) is 61.4 Å². The second-order valence-electron chi connectivity index (χ2n) is 12.8. The summed E-state index contributed by atoms with van der Waals surface area (Å²) in [7, 11) is 0. The highest BCUT2D eigenvalue weighted by Gasteiger charge is 2.13. The Balaban J connectivity index is 1.19. The summed E-state index contributed by atoms with van der Waals surface area (Å²) in [6, 6.07) is 54.5. The number of nitrogens with zero attached hydrogens (tertiary/aromatic N) is 4. The van der Waals surface area contributed by atoms with Gasteiger partial charge in [-0.1, -0.05) is 133 Å². The van der Waals surface area contributed by atoms with E-state index in [9.17, 15) is 0 Å². The lowest BCUT2D eigenvalue weighted by atomic mass is 9.91. The fourth-order valence-electron chi connectivity index (χ4n) is 6.59. The fourth-order valence-corrected chi connectivity index (χ4v) is 6.59. The number of allylic oxidation sites excluding steroid dienone is 1. The van der Waals surface area contributed by atoms with Crippen molar-refractivity contribution in [2.24, 2.45) is 9.98 Å². The van der Waals surface area contributed by atoms with Crippen LogP contribution in [0.5, 0.6) is 0 Å². The lowest BCUT2D eigenvalue weighted by Gasteiger charge is -2.13. The van der Waals surface area contributed by atoms with Crippen molar-refractivity contribution in [2.75, 3.05) is 0 Å². The second kappa shape index (κ2) is 15.0. The lowest BCUT2D eigenvalue weighted by Crippen LogP contribution is -2.05. The number of benzene rings is 6. The van der Waals surface area contributed by atoms with Gasteiger partial charge in [0.05, 0.1) is 17.3 Å². The molecule has 0 N–H and O–H groups in total. The number of rotatable bonds is 7. The Labute approximate surface area is 305 Å². The van der Waals surface area contributed by atoms with Crippen molar-refractivity contribution in [3.8, 4) is 39.4 Å². The van der Waals surface area contributed by atoms with Crippen LogP contribution in [0.3, 0.4) is 0 Å². The van der Waals surface area contributed by atoms with Crippen molar-refractivity contribution in [3.05, 3.63) is 191 Å². The van der Waals surface area contributed by atoms with Crippen molar-refractivity contribution in [1.29, 1.82) is 5.26 Å². The molecule has 0 atom stereocenters. The van der Waals surface area contributed by atoms with E-state index in [-0.39, 0.29) is 0 Å². The van der Waals surface area contributed by atoms with Crippen LogP contribution in [0.2, 0.25) is 0 Å². The second-order valence-corrected chi connectivity index (χ2v) is 12.8. The first-order valence-corrected chi connectivity index (χ1v) is 17.5. The molecule has 0 radical (unpaired) electrons. The molecule has 52 heavy (non-hydrogen) atoms. The van der Waals surface area contributed by atoms with Crippen LogP contribution in [0, 0.1) is 25.2 Å². The number of aromatic nitrogens is 1. The van der Waals surface area contributed by atoms with Gasteiger partial charge in [-0.25, -0.2) is 9.98 Å². The van der Waals surface area contributed by atoms with E-state index in [1.165, 1.54) is 21.9 Å². The van der Waals surface area contributed by atoms with E-state index >= 15 is 0 Å². The smallest absolute Gasteiger partial charge is 0.160 e. The Morgan fingerprint density at radius 2 is 1.12 bits per heavy atom. The van der Waals surface area contributed by atoms with Crippen molar-refractivity contribution in [3.63, 3.8) is 0 Å². The van der Waals surface area contributed by atoms with E-state index in [0.29, 0.717) is 11.4 Å². The molecular formula is C48H38N4. The van der Waals surface area contributed by atoms with Gasteiger partial charge >= 0.3 is 0 Å². The maximum absolute atomic E-state index is 9.15. The summed E-state index contributed by atoms with van der Waals surface area (Å²) in [4.78, 5) is 14.9. The number of hydrogen-bond donors (Lipinski definition) is 0. The monoisotopic (exact) mass is 670 g/mol. The third-order valence-electron chi connectivity index (χ3n) is 9.39. The average molecular weight is 671 g/mol. The largest absolute Gasteiger partial charge is 0.258 e. The molecule has 0 saturated carbocycles. The van der Waals surface area contributed by atoms with Gasteiger partial charge in [0.25, 0.3) is 0 Å². The fraction of sp³-hybridized carbons (Fsp3) is 0.0833. The highest BCUT2D eigenvalue weighted by molar-refractivity contribution is 6.13. The van der Waals surface area contributed by atoms with Gasteiger partial charge in [-0.15, -0.1) is 0 Å². The Morgan fingerprint density at radius 3 is 1.67 bits per heavy atom. The molecule has 7 aromatic rings.